The van der Waals surface area contributed by atoms with Crippen molar-refractivity contribution in [3.63, 3.8) is 0 Å². The normalized spacial score (nSPS) is 11.6. The molecule has 3 heteroatoms. The van der Waals surface area contributed by atoms with Gasteiger partial charge in [-0.2, -0.15) is 0 Å². The highest BCUT2D eigenvalue weighted by atomic mass is 16.5. The van der Waals surface area contributed by atoms with Crippen LogP contribution in [0.2, 0.25) is 0 Å². The van der Waals surface area contributed by atoms with Crippen molar-refractivity contribution >= 4 is 0 Å². The molecule has 0 aromatic heterocycles. The predicted octanol–water partition coefficient (Wildman–Crippen LogP) is 2.52. The smallest absolute Gasteiger partial charge is 0.122 e. The molecule has 1 N–H and O–H groups in total. The summed E-state index contributed by atoms with van der Waals surface area (Å²) in [7, 11) is 3.44. The number of ether oxygens (including phenoxy) is 2. The number of aryl methyl sites for hydroxylation is 1. The van der Waals surface area contributed by atoms with E-state index in [-0.39, 0.29) is 5.41 Å². The lowest BCUT2D eigenvalue weighted by molar-refractivity contribution is 0.197. The fourth-order valence-electron chi connectivity index (χ4n) is 2.02. The lowest BCUT2D eigenvalue weighted by Crippen LogP contribution is -2.35. The Bertz CT molecular complexity index is 375. The minimum atomic E-state index is 0.0328. The number of rotatable bonds is 7. The Morgan fingerprint density at radius 3 is 2.56 bits per heavy atom. The molecule has 3 nitrogen and oxygen atoms in total. The first-order valence-corrected chi connectivity index (χ1v) is 6.36. The van der Waals surface area contributed by atoms with Gasteiger partial charge in [0.1, 0.15) is 5.75 Å². The van der Waals surface area contributed by atoms with Crippen LogP contribution in [-0.2, 0) is 10.2 Å². The Morgan fingerprint density at radius 2 is 1.94 bits per heavy atom. The van der Waals surface area contributed by atoms with E-state index in [0.717, 1.165) is 25.4 Å². The van der Waals surface area contributed by atoms with Crippen LogP contribution >= 0.6 is 0 Å². The third-order valence-electron chi connectivity index (χ3n) is 3.13. The second-order valence-corrected chi connectivity index (χ2v) is 5.26. The molecule has 0 amide bonds. The van der Waals surface area contributed by atoms with E-state index in [0.29, 0.717) is 0 Å². The molecule has 1 aromatic rings. The molecule has 0 unspecified atom stereocenters. The van der Waals surface area contributed by atoms with Gasteiger partial charge in [0.05, 0.1) is 13.7 Å². The van der Waals surface area contributed by atoms with E-state index in [9.17, 15) is 0 Å². The van der Waals surface area contributed by atoms with Crippen molar-refractivity contribution < 1.29 is 9.47 Å². The summed E-state index contributed by atoms with van der Waals surface area (Å²) in [5.41, 5.74) is 2.54. The third-order valence-corrected chi connectivity index (χ3v) is 3.13. The van der Waals surface area contributed by atoms with Crippen LogP contribution in [0.4, 0.5) is 0 Å². The van der Waals surface area contributed by atoms with E-state index in [1.165, 1.54) is 11.1 Å². The van der Waals surface area contributed by atoms with Crippen LogP contribution in [0, 0.1) is 6.92 Å². The van der Waals surface area contributed by atoms with Gasteiger partial charge >= 0.3 is 0 Å². The standard InChI is InChI=1S/C15H25NO2/c1-12-6-7-14(18-5)13(10-12)15(2,3)11-16-8-9-17-4/h6-7,10,16H,8-9,11H2,1-5H3. The van der Waals surface area contributed by atoms with E-state index in [1.807, 2.05) is 6.07 Å². The van der Waals surface area contributed by atoms with Gasteiger partial charge in [0.15, 0.2) is 0 Å². The Kier molecular flexibility index (Phi) is 5.63. The largest absolute Gasteiger partial charge is 0.496 e. The molecule has 0 spiro atoms. The number of nitrogens with one attached hydrogen (secondary N) is 1. The molecule has 0 radical (unpaired) electrons. The number of hydrogen-bond donors (Lipinski definition) is 1. The summed E-state index contributed by atoms with van der Waals surface area (Å²) >= 11 is 0. The van der Waals surface area contributed by atoms with Crippen LogP contribution in [-0.4, -0.2) is 33.9 Å². The molecule has 18 heavy (non-hydrogen) atoms. The van der Waals surface area contributed by atoms with E-state index in [2.05, 4.69) is 38.2 Å². The van der Waals surface area contributed by atoms with Crippen molar-refractivity contribution in [1.82, 2.24) is 5.32 Å². The summed E-state index contributed by atoms with van der Waals surface area (Å²) < 4.78 is 10.5. The maximum absolute atomic E-state index is 5.46. The zero-order valence-corrected chi connectivity index (χ0v) is 12.2. The van der Waals surface area contributed by atoms with Gasteiger partial charge in [0, 0.05) is 31.2 Å². The predicted molar refractivity (Wildman–Crippen MR) is 75.5 cm³/mol. The zero-order valence-electron chi connectivity index (χ0n) is 12.2. The molecule has 0 saturated carbocycles. The molecule has 0 aliphatic rings. The first-order valence-electron chi connectivity index (χ1n) is 6.36. The summed E-state index contributed by atoms with van der Waals surface area (Å²) in [6, 6.07) is 6.33. The van der Waals surface area contributed by atoms with Gasteiger partial charge in [-0.15, -0.1) is 0 Å². The molecule has 0 bridgehead atoms. The van der Waals surface area contributed by atoms with Crippen molar-refractivity contribution in [2.45, 2.75) is 26.2 Å². The summed E-state index contributed by atoms with van der Waals surface area (Å²) in [6.07, 6.45) is 0. The molecule has 0 aliphatic heterocycles. The van der Waals surface area contributed by atoms with Crippen molar-refractivity contribution in [1.29, 1.82) is 0 Å². The molecule has 0 fully saturated rings. The minimum Gasteiger partial charge on any atom is -0.496 e. The lowest BCUT2D eigenvalue weighted by atomic mass is 9.83. The van der Waals surface area contributed by atoms with Crippen molar-refractivity contribution in [2.75, 3.05) is 33.9 Å². The van der Waals surface area contributed by atoms with E-state index in [1.54, 1.807) is 14.2 Å². The van der Waals surface area contributed by atoms with Crippen molar-refractivity contribution in [3.05, 3.63) is 29.3 Å². The molecule has 1 aromatic carbocycles. The lowest BCUT2D eigenvalue weighted by Gasteiger charge is -2.28. The topological polar surface area (TPSA) is 30.5 Å². The highest BCUT2D eigenvalue weighted by molar-refractivity contribution is 5.41. The molecular formula is C15H25NO2. The van der Waals surface area contributed by atoms with Gasteiger partial charge in [-0.25, -0.2) is 0 Å². The quantitative estimate of drug-likeness (QED) is 0.755. The van der Waals surface area contributed by atoms with Gasteiger partial charge < -0.3 is 14.8 Å². The van der Waals surface area contributed by atoms with Gasteiger partial charge in [0.25, 0.3) is 0 Å². The first-order chi connectivity index (χ1) is 8.51. The maximum atomic E-state index is 5.46. The Balaban J connectivity index is 2.79. The average molecular weight is 251 g/mol. The molecule has 102 valence electrons. The Labute approximate surface area is 110 Å². The third kappa shape index (κ3) is 4.00. The van der Waals surface area contributed by atoms with Crippen LogP contribution in [0.3, 0.4) is 0 Å². The van der Waals surface area contributed by atoms with Crippen LogP contribution in [0.15, 0.2) is 18.2 Å². The first kappa shape index (κ1) is 15.0. The summed E-state index contributed by atoms with van der Waals surface area (Å²) in [6.45, 7) is 9.07. The number of hydrogen-bond acceptors (Lipinski definition) is 3. The Morgan fingerprint density at radius 1 is 1.22 bits per heavy atom. The molecule has 1 rings (SSSR count). The molecular weight excluding hydrogens is 226 g/mol. The fourth-order valence-corrected chi connectivity index (χ4v) is 2.02. The van der Waals surface area contributed by atoms with E-state index < -0.39 is 0 Å². The molecule has 0 aliphatic carbocycles. The van der Waals surface area contributed by atoms with Crippen LogP contribution < -0.4 is 10.1 Å². The van der Waals surface area contributed by atoms with Gasteiger partial charge in [-0.1, -0.05) is 31.5 Å². The fraction of sp³-hybridized carbons (Fsp3) is 0.600. The van der Waals surface area contributed by atoms with Crippen LogP contribution in [0.25, 0.3) is 0 Å². The highest BCUT2D eigenvalue weighted by Gasteiger charge is 2.24. The van der Waals surface area contributed by atoms with Gasteiger partial charge in [0.2, 0.25) is 0 Å². The number of benzene rings is 1. The molecule has 0 atom stereocenters. The molecule has 0 saturated heterocycles. The van der Waals surface area contributed by atoms with Crippen molar-refractivity contribution in [2.24, 2.45) is 0 Å². The van der Waals surface area contributed by atoms with Crippen molar-refractivity contribution in [3.8, 4) is 5.75 Å². The zero-order chi connectivity index (χ0) is 13.6. The van der Waals surface area contributed by atoms with E-state index in [4.69, 9.17) is 9.47 Å². The minimum absolute atomic E-state index is 0.0328. The number of methoxy groups -OCH3 is 2. The van der Waals surface area contributed by atoms with E-state index >= 15 is 0 Å². The summed E-state index contributed by atoms with van der Waals surface area (Å²) in [5, 5.41) is 3.42. The van der Waals surface area contributed by atoms with Crippen LogP contribution in [0.5, 0.6) is 5.75 Å². The second kappa shape index (κ2) is 6.76. The average Bonchev–Trinajstić information content (AvgIpc) is 2.35. The summed E-state index contributed by atoms with van der Waals surface area (Å²) in [4.78, 5) is 0. The summed E-state index contributed by atoms with van der Waals surface area (Å²) in [5.74, 6) is 0.958. The highest BCUT2D eigenvalue weighted by Crippen LogP contribution is 2.31. The maximum Gasteiger partial charge on any atom is 0.122 e. The van der Waals surface area contributed by atoms with Gasteiger partial charge in [-0.3, -0.25) is 0 Å². The van der Waals surface area contributed by atoms with Crippen LogP contribution in [0.1, 0.15) is 25.0 Å². The Hall–Kier alpha value is -1.06. The SMILES string of the molecule is COCCNCC(C)(C)c1cc(C)ccc1OC. The monoisotopic (exact) mass is 251 g/mol. The van der Waals surface area contributed by atoms with Gasteiger partial charge in [-0.05, 0) is 13.0 Å². The molecule has 0 heterocycles. The second-order valence-electron chi connectivity index (χ2n) is 5.26.